The van der Waals surface area contributed by atoms with E-state index in [4.69, 9.17) is 4.52 Å². The number of hydrogen-bond acceptors (Lipinski definition) is 4. The largest absolute Gasteiger partial charge is 0.481 e. The van der Waals surface area contributed by atoms with Crippen LogP contribution in [0.25, 0.3) is 10.8 Å². The van der Waals surface area contributed by atoms with Gasteiger partial charge in [-0.25, -0.2) is 0 Å². The summed E-state index contributed by atoms with van der Waals surface area (Å²) in [5.41, 5.74) is 2.09. The summed E-state index contributed by atoms with van der Waals surface area (Å²) < 4.78 is 5.27. The Bertz CT molecular complexity index is 1020. The van der Waals surface area contributed by atoms with Crippen molar-refractivity contribution in [3.63, 3.8) is 0 Å². The Balaban J connectivity index is 1.44. The maximum atomic E-state index is 12.5. The van der Waals surface area contributed by atoms with Gasteiger partial charge in [-0.2, -0.15) is 0 Å². The van der Waals surface area contributed by atoms with E-state index in [-0.39, 0.29) is 12.5 Å². The maximum absolute atomic E-state index is 12.5. The van der Waals surface area contributed by atoms with Crippen LogP contribution >= 0.6 is 0 Å². The number of aliphatic carboxylic acids is 1. The lowest BCUT2D eigenvalue weighted by atomic mass is 9.95. The van der Waals surface area contributed by atoms with Gasteiger partial charge in [0.1, 0.15) is 5.76 Å². The Morgan fingerprint density at radius 2 is 1.89 bits per heavy atom. The highest BCUT2D eigenvalue weighted by atomic mass is 16.5. The van der Waals surface area contributed by atoms with Crippen LogP contribution in [0.5, 0.6) is 0 Å². The molecule has 2 N–H and O–H groups in total. The van der Waals surface area contributed by atoms with Crippen molar-refractivity contribution >= 4 is 22.6 Å². The first-order valence-corrected chi connectivity index (χ1v) is 9.58. The Labute approximate surface area is 162 Å². The molecule has 1 atom stereocenters. The number of rotatable bonds is 6. The number of aromatic nitrogens is 1. The predicted octanol–water partition coefficient (Wildman–Crippen LogP) is 3.38. The van der Waals surface area contributed by atoms with E-state index in [0.717, 1.165) is 53.3 Å². The van der Waals surface area contributed by atoms with Crippen molar-refractivity contribution in [1.29, 1.82) is 0 Å². The van der Waals surface area contributed by atoms with Crippen LogP contribution < -0.4 is 5.32 Å². The van der Waals surface area contributed by atoms with Crippen molar-refractivity contribution in [2.24, 2.45) is 5.92 Å². The van der Waals surface area contributed by atoms with Gasteiger partial charge < -0.3 is 14.9 Å². The van der Waals surface area contributed by atoms with E-state index in [2.05, 4.69) is 10.5 Å². The minimum atomic E-state index is -0.935. The lowest BCUT2D eigenvalue weighted by molar-refractivity contribution is -0.141. The maximum Gasteiger partial charge on any atom is 0.308 e. The van der Waals surface area contributed by atoms with Crippen LogP contribution in [0.15, 0.2) is 47.0 Å². The molecule has 6 nitrogen and oxygen atoms in total. The van der Waals surface area contributed by atoms with Gasteiger partial charge >= 0.3 is 5.97 Å². The molecule has 1 aliphatic carbocycles. The fourth-order valence-corrected chi connectivity index (χ4v) is 3.76. The Kier molecular flexibility index (Phi) is 5.10. The molecule has 2 aromatic carbocycles. The second-order valence-corrected chi connectivity index (χ2v) is 7.27. The van der Waals surface area contributed by atoms with E-state index in [1.54, 1.807) is 0 Å². The molecule has 0 radical (unpaired) electrons. The van der Waals surface area contributed by atoms with Crippen molar-refractivity contribution in [3.8, 4) is 0 Å². The van der Waals surface area contributed by atoms with Crippen LogP contribution in [0.2, 0.25) is 0 Å². The molecule has 144 valence electrons. The Hall–Kier alpha value is -3.15. The standard InChI is InChI=1S/C22H22N2O4/c25-21(20-18-7-3-4-8-19(18)28-24-20)23-13-17(22(26)27)12-14-9-10-15-5-1-2-6-16(15)11-14/h1-2,5-6,9-11,17H,3-4,7-8,12-13H2,(H,23,25)(H,26,27). The summed E-state index contributed by atoms with van der Waals surface area (Å²) in [5.74, 6) is -1.23. The Morgan fingerprint density at radius 1 is 1.11 bits per heavy atom. The van der Waals surface area contributed by atoms with Crippen LogP contribution in [-0.4, -0.2) is 28.7 Å². The van der Waals surface area contributed by atoms with Gasteiger partial charge in [-0.1, -0.05) is 47.6 Å². The zero-order chi connectivity index (χ0) is 19.5. The average molecular weight is 378 g/mol. The fraction of sp³-hybridized carbons (Fsp3) is 0.318. The second-order valence-electron chi connectivity index (χ2n) is 7.27. The van der Waals surface area contributed by atoms with Gasteiger partial charge in [0.15, 0.2) is 5.69 Å². The van der Waals surface area contributed by atoms with E-state index in [1.807, 2.05) is 42.5 Å². The van der Waals surface area contributed by atoms with E-state index in [9.17, 15) is 14.7 Å². The molecule has 4 rings (SSSR count). The molecule has 1 aromatic heterocycles. The highest BCUT2D eigenvalue weighted by molar-refractivity contribution is 5.94. The SMILES string of the molecule is O=C(NCC(Cc1ccc2ccccc2c1)C(=O)O)c1noc2c1CCCC2. The molecule has 1 amide bonds. The summed E-state index contributed by atoms with van der Waals surface area (Å²) >= 11 is 0. The quantitative estimate of drug-likeness (QED) is 0.686. The van der Waals surface area contributed by atoms with E-state index < -0.39 is 11.9 Å². The summed E-state index contributed by atoms with van der Waals surface area (Å²) in [6, 6.07) is 13.9. The lowest BCUT2D eigenvalue weighted by Gasteiger charge is -2.14. The molecule has 1 unspecified atom stereocenters. The Morgan fingerprint density at radius 3 is 2.71 bits per heavy atom. The van der Waals surface area contributed by atoms with Gasteiger partial charge in [-0.05, 0) is 42.0 Å². The number of fused-ring (bicyclic) bond motifs is 2. The van der Waals surface area contributed by atoms with Crippen LogP contribution in [0.4, 0.5) is 0 Å². The zero-order valence-corrected chi connectivity index (χ0v) is 15.5. The van der Waals surface area contributed by atoms with Gasteiger partial charge in [0.25, 0.3) is 5.91 Å². The third-order valence-electron chi connectivity index (χ3n) is 5.32. The average Bonchev–Trinajstić information content (AvgIpc) is 3.15. The van der Waals surface area contributed by atoms with Crippen molar-refractivity contribution in [1.82, 2.24) is 10.5 Å². The molecule has 0 spiro atoms. The topological polar surface area (TPSA) is 92.4 Å². The molecular weight excluding hydrogens is 356 g/mol. The first-order chi connectivity index (χ1) is 13.6. The number of nitrogens with zero attached hydrogens (tertiary/aromatic N) is 1. The van der Waals surface area contributed by atoms with Crippen LogP contribution in [-0.2, 0) is 24.1 Å². The van der Waals surface area contributed by atoms with Gasteiger partial charge in [0.2, 0.25) is 0 Å². The molecule has 1 heterocycles. The summed E-state index contributed by atoms with van der Waals surface area (Å²) in [5, 5.41) is 18.4. The molecule has 0 saturated heterocycles. The minimum Gasteiger partial charge on any atom is -0.481 e. The number of amides is 1. The minimum absolute atomic E-state index is 0.0443. The summed E-state index contributed by atoms with van der Waals surface area (Å²) in [6.45, 7) is 0.0443. The molecule has 28 heavy (non-hydrogen) atoms. The van der Waals surface area contributed by atoms with Crippen molar-refractivity contribution < 1.29 is 19.2 Å². The molecule has 0 saturated carbocycles. The monoisotopic (exact) mass is 378 g/mol. The second kappa shape index (κ2) is 7.84. The molecule has 3 aromatic rings. The summed E-state index contributed by atoms with van der Waals surface area (Å²) in [6.07, 6.45) is 3.97. The number of aryl methyl sites for hydroxylation is 1. The number of carbonyl (C=O) groups is 2. The predicted molar refractivity (Wildman–Crippen MR) is 104 cm³/mol. The number of carboxylic acid groups (broad SMARTS) is 1. The smallest absolute Gasteiger partial charge is 0.308 e. The van der Waals surface area contributed by atoms with Crippen molar-refractivity contribution in [3.05, 3.63) is 65.0 Å². The third-order valence-corrected chi connectivity index (χ3v) is 5.32. The van der Waals surface area contributed by atoms with Gasteiger partial charge in [-0.15, -0.1) is 0 Å². The molecule has 1 aliphatic rings. The van der Waals surface area contributed by atoms with Gasteiger partial charge in [0.05, 0.1) is 5.92 Å². The van der Waals surface area contributed by atoms with Crippen LogP contribution in [0.1, 0.15) is 40.2 Å². The van der Waals surface area contributed by atoms with Gasteiger partial charge in [0, 0.05) is 18.5 Å². The number of hydrogen-bond donors (Lipinski definition) is 2. The van der Waals surface area contributed by atoms with Crippen molar-refractivity contribution in [2.75, 3.05) is 6.54 Å². The zero-order valence-electron chi connectivity index (χ0n) is 15.5. The molecular formula is C22H22N2O4. The van der Waals surface area contributed by atoms with Gasteiger partial charge in [-0.3, -0.25) is 9.59 Å². The molecule has 0 bridgehead atoms. The van der Waals surface area contributed by atoms with Crippen molar-refractivity contribution in [2.45, 2.75) is 32.1 Å². The number of nitrogens with one attached hydrogen (secondary N) is 1. The molecule has 0 fully saturated rings. The van der Waals surface area contributed by atoms with E-state index in [0.29, 0.717) is 12.1 Å². The van der Waals surface area contributed by atoms with Crippen LogP contribution in [0.3, 0.4) is 0 Å². The van der Waals surface area contributed by atoms with E-state index in [1.165, 1.54) is 0 Å². The fourth-order valence-electron chi connectivity index (χ4n) is 3.76. The number of carbonyl (C=O) groups excluding carboxylic acids is 1. The van der Waals surface area contributed by atoms with E-state index >= 15 is 0 Å². The number of carboxylic acids is 1. The first kappa shape index (κ1) is 18.2. The first-order valence-electron chi connectivity index (χ1n) is 9.58. The highest BCUT2D eigenvalue weighted by Crippen LogP contribution is 2.24. The molecule has 0 aliphatic heterocycles. The normalized spacial score (nSPS) is 14.4. The molecule has 6 heteroatoms. The lowest BCUT2D eigenvalue weighted by Crippen LogP contribution is -2.34. The summed E-state index contributed by atoms with van der Waals surface area (Å²) in [7, 11) is 0. The van der Waals surface area contributed by atoms with Crippen LogP contribution in [0, 0.1) is 5.92 Å². The number of benzene rings is 2. The third kappa shape index (κ3) is 3.76. The summed E-state index contributed by atoms with van der Waals surface area (Å²) in [4.78, 5) is 24.2. The highest BCUT2D eigenvalue weighted by Gasteiger charge is 2.25.